The molecule has 8 heteroatoms. The molecule has 3 aliphatic heterocycles. The van der Waals surface area contributed by atoms with Crippen LogP contribution in [0.5, 0.6) is 5.75 Å². The van der Waals surface area contributed by atoms with Gasteiger partial charge in [0, 0.05) is 54.8 Å². The number of rotatable bonds is 7. The molecule has 2 aromatic carbocycles. The number of pyridine rings is 1. The summed E-state index contributed by atoms with van der Waals surface area (Å²) in [5, 5.41) is 5.74. The van der Waals surface area contributed by atoms with Gasteiger partial charge in [-0.05, 0) is 29.8 Å². The SMILES string of the molecule is COc1ccc2c(c1)/C(=N/OCC1CO1)c1c-2c(N2CCN(CC3CO3)CC2)nc2ccccc12. The third-order valence-electron chi connectivity index (χ3n) is 7.22. The lowest BCUT2D eigenvalue weighted by Gasteiger charge is -2.36. The van der Waals surface area contributed by atoms with Crippen molar-refractivity contribution in [2.24, 2.45) is 5.16 Å². The zero-order chi connectivity index (χ0) is 23.4. The topological polar surface area (TPSA) is 75.2 Å². The van der Waals surface area contributed by atoms with Crippen molar-refractivity contribution in [1.82, 2.24) is 9.88 Å². The van der Waals surface area contributed by atoms with E-state index in [0.717, 1.165) is 96.4 Å². The third kappa shape index (κ3) is 3.91. The summed E-state index contributed by atoms with van der Waals surface area (Å²) in [6.45, 7) is 6.99. The van der Waals surface area contributed by atoms with Gasteiger partial charge >= 0.3 is 0 Å². The Morgan fingerprint density at radius 2 is 1.77 bits per heavy atom. The maximum Gasteiger partial charge on any atom is 0.145 e. The van der Waals surface area contributed by atoms with E-state index in [0.29, 0.717) is 12.7 Å². The first-order chi connectivity index (χ1) is 17.3. The van der Waals surface area contributed by atoms with Crippen molar-refractivity contribution >= 4 is 22.4 Å². The molecular formula is C27H28N4O4. The van der Waals surface area contributed by atoms with Crippen LogP contribution in [0, 0.1) is 0 Å². The van der Waals surface area contributed by atoms with Gasteiger partial charge in [0.15, 0.2) is 0 Å². The van der Waals surface area contributed by atoms with Gasteiger partial charge in [0.1, 0.15) is 30.0 Å². The van der Waals surface area contributed by atoms with Crippen LogP contribution < -0.4 is 9.64 Å². The van der Waals surface area contributed by atoms with Crippen LogP contribution >= 0.6 is 0 Å². The van der Waals surface area contributed by atoms with Gasteiger partial charge in [-0.3, -0.25) is 4.90 Å². The molecule has 180 valence electrons. The highest BCUT2D eigenvalue weighted by Gasteiger charge is 2.35. The largest absolute Gasteiger partial charge is 0.497 e. The van der Waals surface area contributed by atoms with E-state index in [2.05, 4.69) is 45.3 Å². The first kappa shape index (κ1) is 21.1. The van der Waals surface area contributed by atoms with Crippen molar-refractivity contribution in [2.75, 3.05) is 64.6 Å². The number of hydrogen-bond donors (Lipinski definition) is 0. The van der Waals surface area contributed by atoms with Crippen LogP contribution in [-0.4, -0.2) is 87.5 Å². The van der Waals surface area contributed by atoms with E-state index in [-0.39, 0.29) is 6.10 Å². The summed E-state index contributed by atoms with van der Waals surface area (Å²) >= 11 is 0. The number of epoxide rings is 2. The highest BCUT2D eigenvalue weighted by Crippen LogP contribution is 2.46. The molecule has 7 rings (SSSR count). The van der Waals surface area contributed by atoms with E-state index >= 15 is 0 Å². The molecular weight excluding hydrogens is 444 g/mol. The second-order valence-corrected chi connectivity index (χ2v) is 9.55. The molecule has 3 fully saturated rings. The highest BCUT2D eigenvalue weighted by atomic mass is 16.7. The molecule has 2 atom stereocenters. The monoisotopic (exact) mass is 472 g/mol. The smallest absolute Gasteiger partial charge is 0.145 e. The molecule has 4 aliphatic rings. The summed E-state index contributed by atoms with van der Waals surface area (Å²) in [5.74, 6) is 1.81. The molecule has 0 spiro atoms. The van der Waals surface area contributed by atoms with Crippen molar-refractivity contribution in [3.05, 3.63) is 53.6 Å². The predicted molar refractivity (Wildman–Crippen MR) is 133 cm³/mol. The predicted octanol–water partition coefficient (Wildman–Crippen LogP) is 2.91. The molecule has 0 amide bonds. The van der Waals surface area contributed by atoms with Crippen LogP contribution in [0.3, 0.4) is 0 Å². The van der Waals surface area contributed by atoms with Gasteiger partial charge in [-0.2, -0.15) is 0 Å². The zero-order valence-corrected chi connectivity index (χ0v) is 19.8. The number of oxime groups is 1. The number of benzene rings is 2. The number of methoxy groups -OCH3 is 1. The number of para-hydroxylation sites is 1. The van der Waals surface area contributed by atoms with E-state index in [1.165, 1.54) is 0 Å². The van der Waals surface area contributed by atoms with Crippen LogP contribution in [0.1, 0.15) is 11.1 Å². The minimum absolute atomic E-state index is 0.145. The number of ether oxygens (including phenoxy) is 3. The number of aromatic nitrogens is 1. The van der Waals surface area contributed by atoms with Crippen molar-refractivity contribution < 1.29 is 19.0 Å². The first-order valence-corrected chi connectivity index (χ1v) is 12.3. The molecule has 1 aromatic heterocycles. The fraction of sp³-hybridized carbons (Fsp3) is 0.407. The number of fused-ring (bicyclic) bond motifs is 5. The quantitative estimate of drug-likeness (QED) is 0.302. The van der Waals surface area contributed by atoms with E-state index in [9.17, 15) is 0 Å². The molecule has 1 aliphatic carbocycles. The summed E-state index contributed by atoms with van der Waals surface area (Å²) in [4.78, 5) is 15.9. The van der Waals surface area contributed by atoms with Gasteiger partial charge in [0.05, 0.1) is 31.9 Å². The van der Waals surface area contributed by atoms with Gasteiger partial charge in [-0.15, -0.1) is 0 Å². The Kier molecular flexibility index (Phi) is 5.11. The normalized spacial score (nSPS) is 23.9. The van der Waals surface area contributed by atoms with Crippen molar-refractivity contribution in [3.63, 3.8) is 0 Å². The van der Waals surface area contributed by atoms with E-state index in [1.807, 2.05) is 12.1 Å². The van der Waals surface area contributed by atoms with Crippen LogP contribution in [0.2, 0.25) is 0 Å². The summed E-state index contributed by atoms with van der Waals surface area (Å²) in [6.07, 6.45) is 0.568. The molecule has 0 N–H and O–H groups in total. The number of piperazine rings is 1. The van der Waals surface area contributed by atoms with Crippen molar-refractivity contribution in [3.8, 4) is 16.9 Å². The van der Waals surface area contributed by atoms with Gasteiger partial charge in [0.25, 0.3) is 0 Å². The lowest BCUT2D eigenvalue weighted by molar-refractivity contribution is 0.125. The molecule has 35 heavy (non-hydrogen) atoms. The van der Waals surface area contributed by atoms with Crippen LogP contribution in [0.25, 0.3) is 22.0 Å². The Morgan fingerprint density at radius 1 is 0.971 bits per heavy atom. The van der Waals surface area contributed by atoms with Crippen molar-refractivity contribution in [1.29, 1.82) is 0 Å². The lowest BCUT2D eigenvalue weighted by Crippen LogP contribution is -2.48. The van der Waals surface area contributed by atoms with Gasteiger partial charge in [-0.1, -0.05) is 23.4 Å². The third-order valence-corrected chi connectivity index (χ3v) is 7.22. The second kappa shape index (κ2) is 8.48. The van der Waals surface area contributed by atoms with Gasteiger partial charge in [0.2, 0.25) is 0 Å². The first-order valence-electron chi connectivity index (χ1n) is 12.3. The lowest BCUT2D eigenvalue weighted by atomic mass is 10.0. The Balaban J connectivity index is 1.34. The molecule has 0 saturated carbocycles. The standard InChI is InChI=1S/C27H28N4O4/c1-32-17-6-7-20-22(12-17)26(29-35-16-19-15-34-19)24-21-4-2-3-5-23(21)28-27(25(20)24)31-10-8-30(9-11-31)13-18-14-33-18/h2-7,12,18-19H,8-11,13-16H2,1H3/b29-26-. The van der Waals surface area contributed by atoms with Crippen molar-refractivity contribution in [2.45, 2.75) is 12.2 Å². The van der Waals surface area contributed by atoms with Crippen LogP contribution in [-0.2, 0) is 14.3 Å². The molecule has 3 saturated heterocycles. The summed E-state index contributed by atoms with van der Waals surface area (Å²) in [7, 11) is 1.69. The maximum atomic E-state index is 5.79. The summed E-state index contributed by atoms with van der Waals surface area (Å²) in [5.41, 5.74) is 6.14. The zero-order valence-electron chi connectivity index (χ0n) is 19.8. The maximum absolute atomic E-state index is 5.79. The fourth-order valence-corrected chi connectivity index (χ4v) is 5.18. The fourth-order valence-electron chi connectivity index (χ4n) is 5.18. The Bertz CT molecular complexity index is 1310. The minimum Gasteiger partial charge on any atom is -0.497 e. The summed E-state index contributed by atoms with van der Waals surface area (Å²) in [6, 6.07) is 14.5. The van der Waals surface area contributed by atoms with Gasteiger partial charge in [-0.25, -0.2) is 4.98 Å². The van der Waals surface area contributed by atoms with Crippen LogP contribution in [0.4, 0.5) is 5.82 Å². The Hall–Kier alpha value is -3.20. The van der Waals surface area contributed by atoms with E-state index in [1.54, 1.807) is 7.11 Å². The minimum atomic E-state index is 0.145. The molecule has 3 aromatic rings. The highest BCUT2D eigenvalue weighted by molar-refractivity contribution is 6.30. The number of hydrogen-bond acceptors (Lipinski definition) is 8. The second-order valence-electron chi connectivity index (χ2n) is 9.55. The van der Waals surface area contributed by atoms with Gasteiger partial charge < -0.3 is 23.9 Å². The average molecular weight is 473 g/mol. The number of anilines is 1. The van der Waals surface area contributed by atoms with E-state index < -0.39 is 0 Å². The molecule has 0 bridgehead atoms. The number of nitrogens with zero attached hydrogens (tertiary/aromatic N) is 4. The van der Waals surface area contributed by atoms with E-state index in [4.69, 9.17) is 24.0 Å². The molecule has 0 radical (unpaired) electrons. The molecule has 4 heterocycles. The Morgan fingerprint density at radius 3 is 2.54 bits per heavy atom. The van der Waals surface area contributed by atoms with Crippen LogP contribution in [0.15, 0.2) is 47.6 Å². The molecule has 2 unspecified atom stereocenters. The average Bonchev–Trinajstić information content (AvgIpc) is 3.84. The molecule has 8 nitrogen and oxygen atoms in total. The summed E-state index contributed by atoms with van der Waals surface area (Å²) < 4.78 is 16.3. The Labute approximate surface area is 204 Å².